The van der Waals surface area contributed by atoms with Gasteiger partial charge in [0.05, 0.1) is 7.11 Å². The second-order valence-corrected chi connectivity index (χ2v) is 8.29. The van der Waals surface area contributed by atoms with Gasteiger partial charge in [-0.05, 0) is 37.5 Å². The first kappa shape index (κ1) is 23.8. The topological polar surface area (TPSA) is 35.5 Å². The van der Waals surface area contributed by atoms with Crippen molar-refractivity contribution in [3.8, 4) is 12.3 Å². The van der Waals surface area contributed by atoms with Crippen molar-refractivity contribution in [1.82, 2.24) is 0 Å². The van der Waals surface area contributed by atoms with Gasteiger partial charge in [-0.25, -0.2) is 4.79 Å². The Morgan fingerprint density at radius 2 is 1.44 bits per heavy atom. The molecule has 0 unspecified atom stereocenters. The van der Waals surface area contributed by atoms with E-state index >= 15 is 0 Å². The van der Waals surface area contributed by atoms with Gasteiger partial charge in [0.25, 0.3) is 0 Å². The van der Waals surface area contributed by atoms with E-state index in [9.17, 15) is 4.79 Å². The van der Waals surface area contributed by atoms with Gasteiger partial charge in [-0.3, -0.25) is 0 Å². The molecule has 0 aromatic carbocycles. The highest BCUT2D eigenvalue weighted by Gasteiger charge is 2.26. The predicted octanol–water partition coefficient (Wildman–Crippen LogP) is 6.60. The van der Waals surface area contributed by atoms with Gasteiger partial charge < -0.3 is 9.47 Å². The SMILES string of the molecule is C#C[C@@](C)(CCC[C@H](C)CCC[C@H](C)CCCC(C)C)OC(=O)OC. The number of terminal acetylenes is 1. The third-order valence-electron chi connectivity index (χ3n) is 5.00. The molecule has 0 aliphatic rings. The van der Waals surface area contributed by atoms with Gasteiger partial charge in [-0.1, -0.05) is 78.6 Å². The number of rotatable bonds is 13. The molecule has 0 fully saturated rings. The number of carbonyl (C=O) groups is 1. The van der Waals surface area contributed by atoms with E-state index in [1.54, 1.807) is 6.92 Å². The van der Waals surface area contributed by atoms with Crippen LogP contribution in [0.2, 0.25) is 0 Å². The maximum absolute atomic E-state index is 11.3. The lowest BCUT2D eigenvalue weighted by atomic mass is 9.90. The van der Waals surface area contributed by atoms with Crippen molar-refractivity contribution in [1.29, 1.82) is 0 Å². The molecule has 146 valence electrons. The third kappa shape index (κ3) is 12.8. The molecule has 0 aromatic heterocycles. The monoisotopic (exact) mass is 352 g/mol. The van der Waals surface area contributed by atoms with E-state index < -0.39 is 11.8 Å². The van der Waals surface area contributed by atoms with Gasteiger partial charge in [0.15, 0.2) is 5.60 Å². The van der Waals surface area contributed by atoms with Crippen LogP contribution in [0.4, 0.5) is 4.79 Å². The molecule has 25 heavy (non-hydrogen) atoms. The third-order valence-corrected chi connectivity index (χ3v) is 5.00. The first-order chi connectivity index (χ1) is 11.7. The molecular formula is C22H40O3. The maximum Gasteiger partial charge on any atom is 0.509 e. The Hall–Kier alpha value is -1.17. The molecular weight excluding hydrogens is 312 g/mol. The van der Waals surface area contributed by atoms with Crippen LogP contribution < -0.4 is 0 Å². The summed E-state index contributed by atoms with van der Waals surface area (Å²) in [6.45, 7) is 11.1. The lowest BCUT2D eigenvalue weighted by Gasteiger charge is -2.23. The quantitative estimate of drug-likeness (QED) is 0.277. The number of methoxy groups -OCH3 is 1. The molecule has 0 aliphatic carbocycles. The summed E-state index contributed by atoms with van der Waals surface area (Å²) in [5.74, 6) is 4.92. The van der Waals surface area contributed by atoms with Gasteiger partial charge in [0.1, 0.15) is 0 Å². The maximum atomic E-state index is 11.3. The molecule has 0 radical (unpaired) electrons. The first-order valence-electron chi connectivity index (χ1n) is 9.97. The Kier molecular flexibility index (Phi) is 12.5. The molecule has 0 saturated carbocycles. The van der Waals surface area contributed by atoms with Gasteiger partial charge >= 0.3 is 6.16 Å². The van der Waals surface area contributed by atoms with Crippen molar-refractivity contribution in [3.63, 3.8) is 0 Å². The summed E-state index contributed by atoms with van der Waals surface area (Å²) in [5, 5.41) is 0. The van der Waals surface area contributed by atoms with Crippen molar-refractivity contribution in [2.45, 2.75) is 98.0 Å². The molecule has 3 heteroatoms. The van der Waals surface area contributed by atoms with E-state index in [-0.39, 0.29) is 0 Å². The van der Waals surface area contributed by atoms with E-state index in [4.69, 9.17) is 11.2 Å². The minimum Gasteiger partial charge on any atom is -0.438 e. The number of carbonyl (C=O) groups excluding carboxylic acids is 1. The lowest BCUT2D eigenvalue weighted by molar-refractivity contribution is 0.00821. The molecule has 0 amide bonds. The second kappa shape index (κ2) is 13.1. The zero-order valence-electron chi connectivity index (χ0n) is 17.4. The molecule has 3 atom stereocenters. The fourth-order valence-electron chi connectivity index (χ4n) is 3.14. The summed E-state index contributed by atoms with van der Waals surface area (Å²) in [7, 11) is 1.30. The fourth-order valence-corrected chi connectivity index (χ4v) is 3.14. The largest absolute Gasteiger partial charge is 0.509 e. The summed E-state index contributed by atoms with van der Waals surface area (Å²) >= 11 is 0. The summed E-state index contributed by atoms with van der Waals surface area (Å²) in [6.07, 6.45) is 15.5. The molecule has 0 N–H and O–H groups in total. The van der Waals surface area contributed by atoms with E-state index in [1.165, 1.54) is 45.6 Å². The normalized spacial score (nSPS) is 15.9. The van der Waals surface area contributed by atoms with E-state index in [2.05, 4.69) is 38.4 Å². The van der Waals surface area contributed by atoms with Gasteiger partial charge in [-0.15, -0.1) is 6.42 Å². The Morgan fingerprint density at radius 1 is 0.960 bits per heavy atom. The van der Waals surface area contributed by atoms with Crippen LogP contribution in [0.1, 0.15) is 92.4 Å². The van der Waals surface area contributed by atoms with Crippen molar-refractivity contribution in [2.75, 3.05) is 7.11 Å². The van der Waals surface area contributed by atoms with Crippen LogP contribution in [0.15, 0.2) is 0 Å². The second-order valence-electron chi connectivity index (χ2n) is 8.29. The lowest BCUT2D eigenvalue weighted by Crippen LogP contribution is -2.30. The van der Waals surface area contributed by atoms with Crippen LogP contribution in [0.25, 0.3) is 0 Å². The van der Waals surface area contributed by atoms with Gasteiger partial charge in [-0.2, -0.15) is 0 Å². The Labute approximate surface area is 156 Å². The van der Waals surface area contributed by atoms with Crippen molar-refractivity contribution < 1.29 is 14.3 Å². The van der Waals surface area contributed by atoms with Crippen LogP contribution in [-0.2, 0) is 9.47 Å². The van der Waals surface area contributed by atoms with Crippen LogP contribution >= 0.6 is 0 Å². The Bertz CT molecular complexity index is 397. The molecule has 0 aliphatic heterocycles. The van der Waals surface area contributed by atoms with Crippen molar-refractivity contribution in [3.05, 3.63) is 0 Å². The van der Waals surface area contributed by atoms with Gasteiger partial charge in [0, 0.05) is 0 Å². The highest BCUT2D eigenvalue weighted by molar-refractivity contribution is 5.60. The fraction of sp³-hybridized carbons (Fsp3) is 0.864. The highest BCUT2D eigenvalue weighted by atomic mass is 16.7. The number of ether oxygens (including phenoxy) is 2. The van der Waals surface area contributed by atoms with Crippen molar-refractivity contribution in [2.24, 2.45) is 17.8 Å². The van der Waals surface area contributed by atoms with E-state index in [1.807, 2.05) is 0 Å². The smallest absolute Gasteiger partial charge is 0.438 e. The first-order valence-corrected chi connectivity index (χ1v) is 9.97. The zero-order chi connectivity index (χ0) is 19.3. The van der Waals surface area contributed by atoms with Crippen LogP contribution in [-0.4, -0.2) is 18.9 Å². The molecule has 0 heterocycles. The van der Waals surface area contributed by atoms with Gasteiger partial charge in [0.2, 0.25) is 0 Å². The number of hydrogen-bond donors (Lipinski definition) is 0. The van der Waals surface area contributed by atoms with E-state index in [0.29, 0.717) is 12.3 Å². The predicted molar refractivity (Wildman–Crippen MR) is 105 cm³/mol. The minimum atomic E-state index is -0.863. The Morgan fingerprint density at radius 3 is 1.88 bits per heavy atom. The summed E-state index contributed by atoms with van der Waals surface area (Å²) in [4.78, 5) is 11.3. The van der Waals surface area contributed by atoms with Crippen LogP contribution in [0.3, 0.4) is 0 Å². The zero-order valence-corrected chi connectivity index (χ0v) is 17.4. The summed E-state index contributed by atoms with van der Waals surface area (Å²) in [5.41, 5.74) is -0.863. The standard InChI is InChI=1S/C22H40O3/c1-8-22(6,25-21(23)24-7)17-11-16-20(5)15-10-14-19(4)13-9-12-18(2)3/h1,18-20H,9-17H2,2-7H3/t19-,20-,22+/m1/s1. The molecule has 0 saturated heterocycles. The summed E-state index contributed by atoms with van der Waals surface area (Å²) in [6, 6.07) is 0. The average Bonchev–Trinajstić information content (AvgIpc) is 2.54. The van der Waals surface area contributed by atoms with Crippen LogP contribution in [0.5, 0.6) is 0 Å². The highest BCUT2D eigenvalue weighted by Crippen LogP contribution is 2.24. The number of hydrogen-bond acceptors (Lipinski definition) is 3. The Balaban J connectivity index is 3.87. The molecule has 0 rings (SSSR count). The van der Waals surface area contributed by atoms with Crippen LogP contribution in [0, 0.1) is 30.1 Å². The average molecular weight is 353 g/mol. The molecule has 3 nitrogen and oxygen atoms in total. The minimum absolute atomic E-state index is 0.675. The van der Waals surface area contributed by atoms with Crippen molar-refractivity contribution >= 4 is 6.16 Å². The molecule has 0 aromatic rings. The molecule has 0 spiro atoms. The van der Waals surface area contributed by atoms with E-state index in [0.717, 1.165) is 24.7 Å². The summed E-state index contributed by atoms with van der Waals surface area (Å²) < 4.78 is 9.72. The molecule has 0 bridgehead atoms.